The number of nitrogens with one attached hydrogen (secondary N) is 2. The van der Waals surface area contributed by atoms with Crippen LogP contribution in [0.1, 0.15) is 6.42 Å². The second kappa shape index (κ2) is 8.15. The predicted octanol–water partition coefficient (Wildman–Crippen LogP) is 2.57. The number of ether oxygens (including phenoxy) is 2. The van der Waals surface area contributed by atoms with Crippen LogP contribution >= 0.6 is 35.8 Å². The summed E-state index contributed by atoms with van der Waals surface area (Å²) in [5, 5.41) is 6.65. The lowest BCUT2D eigenvalue weighted by Crippen LogP contribution is -2.39. The minimum atomic E-state index is -0.0476. The Bertz CT molecular complexity index is 539. The van der Waals surface area contributed by atoms with E-state index in [-0.39, 0.29) is 24.4 Å². The summed E-state index contributed by atoms with van der Waals surface area (Å²) in [6.07, 6.45) is 0.442. The molecule has 1 amide bonds. The maximum atomic E-state index is 12.1. The summed E-state index contributed by atoms with van der Waals surface area (Å²) in [6.45, 7) is 1.97. The lowest BCUT2D eigenvalue weighted by Gasteiger charge is -2.23. The number of benzene rings is 1. The Hall–Kier alpha value is -0.820. The van der Waals surface area contributed by atoms with Crippen molar-refractivity contribution in [2.75, 3.05) is 36.6 Å². The molecule has 1 aromatic rings. The third-order valence-electron chi connectivity index (χ3n) is 3.34. The maximum absolute atomic E-state index is 12.1. The highest BCUT2D eigenvalue weighted by Gasteiger charge is 2.19. The molecule has 0 aromatic heterocycles. The van der Waals surface area contributed by atoms with Gasteiger partial charge in [0.15, 0.2) is 11.5 Å². The molecule has 2 aliphatic heterocycles. The van der Waals surface area contributed by atoms with E-state index in [2.05, 4.69) is 10.6 Å². The van der Waals surface area contributed by atoms with Gasteiger partial charge >= 0.3 is 0 Å². The van der Waals surface area contributed by atoms with Crippen molar-refractivity contribution in [2.24, 2.45) is 0 Å². The molecule has 1 atom stereocenters. The summed E-state index contributed by atoms with van der Waals surface area (Å²) < 4.78 is 11.0. The second-order valence-corrected chi connectivity index (χ2v) is 6.51. The fraction of sp³-hybridized carbons (Fsp3) is 0.500. The molecule has 0 saturated carbocycles. The van der Waals surface area contributed by atoms with E-state index >= 15 is 0 Å². The van der Waals surface area contributed by atoms with E-state index < -0.39 is 0 Å². The summed E-state index contributed by atoms with van der Waals surface area (Å²) in [5.74, 6) is 3.25. The van der Waals surface area contributed by atoms with Gasteiger partial charge in [-0.1, -0.05) is 11.6 Å². The lowest BCUT2D eigenvalue weighted by molar-refractivity contribution is -0.116. The van der Waals surface area contributed by atoms with Gasteiger partial charge in [0.05, 0.1) is 10.7 Å². The Morgan fingerprint density at radius 3 is 2.77 bits per heavy atom. The molecular formula is C14H18Cl2N2O3S. The molecule has 0 bridgehead atoms. The van der Waals surface area contributed by atoms with Crippen molar-refractivity contribution in [3.8, 4) is 11.5 Å². The van der Waals surface area contributed by atoms with Crippen molar-refractivity contribution in [1.82, 2.24) is 5.32 Å². The van der Waals surface area contributed by atoms with Crippen LogP contribution in [0.2, 0.25) is 5.02 Å². The summed E-state index contributed by atoms with van der Waals surface area (Å²) in [5.41, 5.74) is 0.564. The van der Waals surface area contributed by atoms with E-state index in [1.807, 2.05) is 11.8 Å². The van der Waals surface area contributed by atoms with E-state index in [0.717, 1.165) is 18.1 Å². The number of hydrogen-bond donors (Lipinski definition) is 2. The Morgan fingerprint density at radius 2 is 2.09 bits per heavy atom. The standard InChI is InChI=1S/C14H17ClN2O3S.ClH/c15-10-6-12-13(20-3-2-19-12)7-11(10)17-14(18)5-9-8-21-4-1-16-9;/h6-7,9,16H,1-5,8H2,(H,17,18);1H. The Labute approximate surface area is 144 Å². The minimum absolute atomic E-state index is 0. The molecule has 2 heterocycles. The molecule has 2 aliphatic rings. The van der Waals surface area contributed by atoms with Gasteiger partial charge < -0.3 is 20.1 Å². The molecule has 22 heavy (non-hydrogen) atoms. The highest BCUT2D eigenvalue weighted by Crippen LogP contribution is 2.38. The molecule has 3 rings (SSSR count). The van der Waals surface area contributed by atoms with E-state index in [4.69, 9.17) is 21.1 Å². The zero-order chi connectivity index (χ0) is 14.7. The van der Waals surface area contributed by atoms with Gasteiger partial charge in [0.2, 0.25) is 5.91 Å². The van der Waals surface area contributed by atoms with Crippen LogP contribution in [0.3, 0.4) is 0 Å². The molecule has 0 radical (unpaired) electrons. The third kappa shape index (κ3) is 4.35. The van der Waals surface area contributed by atoms with E-state index in [9.17, 15) is 4.79 Å². The first-order valence-electron chi connectivity index (χ1n) is 6.92. The first kappa shape index (κ1) is 17.5. The van der Waals surface area contributed by atoms with Crippen molar-refractivity contribution in [3.05, 3.63) is 17.2 Å². The topological polar surface area (TPSA) is 59.6 Å². The quantitative estimate of drug-likeness (QED) is 0.862. The van der Waals surface area contributed by atoms with Crippen LogP contribution in [0, 0.1) is 0 Å². The van der Waals surface area contributed by atoms with Crippen LogP contribution in [0.15, 0.2) is 12.1 Å². The number of amides is 1. The fourth-order valence-electron chi connectivity index (χ4n) is 2.34. The van der Waals surface area contributed by atoms with Crippen molar-refractivity contribution >= 4 is 47.4 Å². The summed E-state index contributed by atoms with van der Waals surface area (Å²) >= 11 is 8.05. The SMILES string of the molecule is Cl.O=C(CC1CSCCN1)Nc1cc2c(cc1Cl)OCCO2. The number of carbonyl (C=O) groups is 1. The highest BCUT2D eigenvalue weighted by molar-refractivity contribution is 7.99. The van der Waals surface area contributed by atoms with Crippen LogP contribution in [0.25, 0.3) is 0 Å². The molecule has 1 unspecified atom stereocenters. The van der Waals surface area contributed by atoms with Gasteiger partial charge in [-0.25, -0.2) is 0 Å². The number of hydrogen-bond acceptors (Lipinski definition) is 5. The molecule has 122 valence electrons. The number of fused-ring (bicyclic) bond motifs is 1. The first-order valence-corrected chi connectivity index (χ1v) is 8.46. The number of carbonyl (C=O) groups excluding carboxylic acids is 1. The molecule has 5 nitrogen and oxygen atoms in total. The molecule has 1 fully saturated rings. The maximum Gasteiger partial charge on any atom is 0.226 e. The Morgan fingerprint density at radius 1 is 1.36 bits per heavy atom. The molecule has 8 heteroatoms. The van der Waals surface area contributed by atoms with Gasteiger partial charge in [-0.15, -0.1) is 12.4 Å². The number of halogens is 2. The fourth-order valence-corrected chi connectivity index (χ4v) is 3.49. The van der Waals surface area contributed by atoms with Crippen molar-refractivity contribution in [1.29, 1.82) is 0 Å². The van der Waals surface area contributed by atoms with Crippen LogP contribution in [0.5, 0.6) is 11.5 Å². The molecule has 1 saturated heterocycles. The number of thioether (sulfide) groups is 1. The lowest BCUT2D eigenvalue weighted by atomic mass is 10.2. The number of rotatable bonds is 3. The average molecular weight is 365 g/mol. The van der Waals surface area contributed by atoms with E-state index in [1.54, 1.807) is 12.1 Å². The smallest absolute Gasteiger partial charge is 0.226 e. The van der Waals surface area contributed by atoms with Gasteiger partial charge in [-0.3, -0.25) is 4.79 Å². The molecule has 0 aliphatic carbocycles. The Kier molecular flexibility index (Phi) is 6.50. The molecule has 0 spiro atoms. The highest BCUT2D eigenvalue weighted by atomic mass is 35.5. The van der Waals surface area contributed by atoms with E-state index in [1.165, 1.54) is 0 Å². The zero-order valence-electron chi connectivity index (χ0n) is 11.9. The minimum Gasteiger partial charge on any atom is -0.486 e. The summed E-state index contributed by atoms with van der Waals surface area (Å²) in [6, 6.07) is 3.62. The van der Waals surface area contributed by atoms with Crippen LogP contribution < -0.4 is 20.1 Å². The predicted molar refractivity (Wildman–Crippen MR) is 92.1 cm³/mol. The Balaban J connectivity index is 0.00000176. The largest absolute Gasteiger partial charge is 0.486 e. The summed E-state index contributed by atoms with van der Waals surface area (Å²) in [7, 11) is 0. The van der Waals surface area contributed by atoms with Crippen LogP contribution in [0.4, 0.5) is 5.69 Å². The van der Waals surface area contributed by atoms with Crippen LogP contribution in [-0.2, 0) is 4.79 Å². The van der Waals surface area contributed by atoms with Crippen molar-refractivity contribution in [2.45, 2.75) is 12.5 Å². The van der Waals surface area contributed by atoms with Crippen molar-refractivity contribution in [3.63, 3.8) is 0 Å². The van der Waals surface area contributed by atoms with Gasteiger partial charge in [-0.2, -0.15) is 11.8 Å². The van der Waals surface area contributed by atoms with Crippen molar-refractivity contribution < 1.29 is 14.3 Å². The van der Waals surface area contributed by atoms with Gasteiger partial charge in [-0.05, 0) is 0 Å². The zero-order valence-corrected chi connectivity index (χ0v) is 14.3. The summed E-state index contributed by atoms with van der Waals surface area (Å²) in [4.78, 5) is 12.1. The monoisotopic (exact) mass is 364 g/mol. The van der Waals surface area contributed by atoms with Gasteiger partial charge in [0, 0.05) is 42.6 Å². The normalized spacial score (nSPS) is 20.0. The second-order valence-electron chi connectivity index (χ2n) is 4.95. The molecular weight excluding hydrogens is 347 g/mol. The molecule has 2 N–H and O–H groups in total. The average Bonchev–Trinajstić information content (AvgIpc) is 2.49. The first-order chi connectivity index (χ1) is 10.2. The van der Waals surface area contributed by atoms with Gasteiger partial charge in [0.1, 0.15) is 13.2 Å². The van der Waals surface area contributed by atoms with Gasteiger partial charge in [0.25, 0.3) is 0 Å². The van der Waals surface area contributed by atoms with Crippen LogP contribution in [-0.4, -0.2) is 43.2 Å². The third-order valence-corrected chi connectivity index (χ3v) is 4.78. The number of anilines is 1. The van der Waals surface area contributed by atoms with E-state index in [0.29, 0.717) is 41.8 Å². The molecule has 1 aromatic carbocycles.